The lowest BCUT2D eigenvalue weighted by Gasteiger charge is -2.18. The minimum Gasteiger partial charge on any atom is -0.495 e. The van der Waals surface area contributed by atoms with Gasteiger partial charge in [0.25, 0.3) is 0 Å². The van der Waals surface area contributed by atoms with Crippen molar-refractivity contribution in [2.45, 2.75) is 6.54 Å². The van der Waals surface area contributed by atoms with Crippen LogP contribution in [-0.4, -0.2) is 38.6 Å². The Balaban J connectivity index is 2.02. The first-order valence-corrected chi connectivity index (χ1v) is 7.95. The number of halogens is 2. The van der Waals surface area contributed by atoms with E-state index < -0.39 is 0 Å². The average Bonchev–Trinajstić information content (AvgIpc) is 2.57. The molecule has 0 saturated carbocycles. The molecular formula is C18H20ClFN2O3. The number of likely N-dealkylation sites (N-methyl/N-ethyl adjacent to an activating group) is 1. The van der Waals surface area contributed by atoms with Crippen molar-refractivity contribution < 1.29 is 18.7 Å². The van der Waals surface area contributed by atoms with Gasteiger partial charge >= 0.3 is 0 Å². The number of carbonyl (C=O) groups is 1. The predicted molar refractivity (Wildman–Crippen MR) is 95.9 cm³/mol. The number of nitrogens with zero attached hydrogens (tertiary/aromatic N) is 1. The Morgan fingerprint density at radius 1 is 1.20 bits per heavy atom. The summed E-state index contributed by atoms with van der Waals surface area (Å²) in [7, 11) is 4.73. The van der Waals surface area contributed by atoms with E-state index in [1.54, 1.807) is 42.3 Å². The van der Waals surface area contributed by atoms with Crippen LogP contribution in [0.1, 0.15) is 5.56 Å². The highest BCUT2D eigenvalue weighted by molar-refractivity contribution is 6.32. The lowest BCUT2D eigenvalue weighted by Crippen LogP contribution is -2.30. The van der Waals surface area contributed by atoms with Gasteiger partial charge in [-0.15, -0.1) is 0 Å². The molecular weight excluding hydrogens is 347 g/mol. The van der Waals surface area contributed by atoms with Crippen LogP contribution in [0, 0.1) is 5.82 Å². The van der Waals surface area contributed by atoms with Gasteiger partial charge in [-0.1, -0.05) is 29.8 Å². The average molecular weight is 367 g/mol. The third kappa shape index (κ3) is 5.08. The Kier molecular flexibility index (Phi) is 6.61. The van der Waals surface area contributed by atoms with Crippen LogP contribution in [-0.2, 0) is 11.3 Å². The molecule has 0 heterocycles. The van der Waals surface area contributed by atoms with E-state index in [2.05, 4.69) is 5.32 Å². The third-order valence-electron chi connectivity index (χ3n) is 3.56. The maximum atomic E-state index is 13.7. The Hall–Kier alpha value is -2.31. The molecule has 25 heavy (non-hydrogen) atoms. The fourth-order valence-electron chi connectivity index (χ4n) is 2.37. The van der Waals surface area contributed by atoms with Gasteiger partial charge in [0.15, 0.2) is 0 Å². The smallest absolute Gasteiger partial charge is 0.238 e. The highest BCUT2D eigenvalue weighted by Gasteiger charge is 2.14. The molecule has 0 aliphatic rings. The molecule has 134 valence electrons. The number of hydrogen-bond donors (Lipinski definition) is 1. The first-order valence-electron chi connectivity index (χ1n) is 7.58. The number of hydrogen-bond acceptors (Lipinski definition) is 4. The molecule has 2 aromatic carbocycles. The zero-order valence-corrected chi connectivity index (χ0v) is 15.1. The van der Waals surface area contributed by atoms with Gasteiger partial charge in [0.2, 0.25) is 5.91 Å². The molecule has 5 nitrogen and oxygen atoms in total. The lowest BCUT2D eigenvalue weighted by molar-refractivity contribution is -0.117. The zero-order valence-electron chi connectivity index (χ0n) is 14.3. The van der Waals surface area contributed by atoms with Crippen LogP contribution in [0.3, 0.4) is 0 Å². The van der Waals surface area contributed by atoms with Gasteiger partial charge < -0.3 is 14.8 Å². The minimum absolute atomic E-state index is 0.0845. The van der Waals surface area contributed by atoms with Crippen LogP contribution in [0.25, 0.3) is 0 Å². The van der Waals surface area contributed by atoms with Crippen LogP contribution in [0.15, 0.2) is 36.4 Å². The molecule has 0 atom stereocenters. The maximum Gasteiger partial charge on any atom is 0.238 e. The van der Waals surface area contributed by atoms with E-state index in [1.807, 2.05) is 0 Å². The second-order valence-electron chi connectivity index (χ2n) is 5.50. The van der Waals surface area contributed by atoms with Crippen LogP contribution < -0.4 is 14.8 Å². The number of amides is 1. The van der Waals surface area contributed by atoms with Crippen LogP contribution in [0.4, 0.5) is 10.1 Å². The Bertz CT molecular complexity index is 755. The summed E-state index contributed by atoms with van der Waals surface area (Å²) in [6, 6.07) is 9.64. The van der Waals surface area contributed by atoms with Crippen molar-refractivity contribution in [1.29, 1.82) is 0 Å². The van der Waals surface area contributed by atoms with E-state index in [-0.39, 0.29) is 18.3 Å². The number of carbonyl (C=O) groups excluding carboxylic acids is 1. The van der Waals surface area contributed by atoms with E-state index >= 15 is 0 Å². The summed E-state index contributed by atoms with van der Waals surface area (Å²) >= 11 is 6.09. The number of anilines is 1. The lowest BCUT2D eigenvalue weighted by atomic mass is 10.2. The van der Waals surface area contributed by atoms with Crippen molar-refractivity contribution in [1.82, 2.24) is 4.90 Å². The van der Waals surface area contributed by atoms with Gasteiger partial charge in [0, 0.05) is 18.2 Å². The fourth-order valence-corrected chi connectivity index (χ4v) is 2.61. The highest BCUT2D eigenvalue weighted by Crippen LogP contribution is 2.35. The normalized spacial score (nSPS) is 10.6. The molecule has 1 amide bonds. The van der Waals surface area contributed by atoms with E-state index in [1.165, 1.54) is 20.3 Å². The Morgan fingerprint density at radius 3 is 2.52 bits per heavy atom. The van der Waals surface area contributed by atoms with E-state index in [0.717, 1.165) is 0 Å². The highest BCUT2D eigenvalue weighted by atomic mass is 35.5. The number of nitrogens with one attached hydrogen (secondary N) is 1. The summed E-state index contributed by atoms with van der Waals surface area (Å²) in [6.07, 6.45) is 0. The van der Waals surface area contributed by atoms with Gasteiger partial charge in [-0.3, -0.25) is 9.69 Å². The second-order valence-corrected chi connectivity index (χ2v) is 5.91. The standard InChI is InChI=1S/C18H20ClFN2O3/c1-22(10-12-6-4-5-7-14(12)20)11-18(23)21-15-8-13(19)16(24-2)9-17(15)25-3/h4-9H,10-11H2,1-3H3,(H,21,23). The summed E-state index contributed by atoms with van der Waals surface area (Å²) < 4.78 is 24.0. The van der Waals surface area contributed by atoms with Crippen molar-refractivity contribution in [2.75, 3.05) is 33.1 Å². The van der Waals surface area contributed by atoms with Crippen LogP contribution in [0.2, 0.25) is 5.02 Å². The predicted octanol–water partition coefficient (Wildman–Crippen LogP) is 3.57. The molecule has 0 radical (unpaired) electrons. The maximum absolute atomic E-state index is 13.7. The topological polar surface area (TPSA) is 50.8 Å². The Morgan fingerprint density at radius 2 is 1.88 bits per heavy atom. The molecule has 0 spiro atoms. The van der Waals surface area contributed by atoms with E-state index in [0.29, 0.717) is 34.3 Å². The summed E-state index contributed by atoms with van der Waals surface area (Å²) in [6.45, 7) is 0.404. The van der Waals surface area contributed by atoms with Gasteiger partial charge in [-0.2, -0.15) is 0 Å². The van der Waals surface area contributed by atoms with Crippen molar-refractivity contribution in [3.8, 4) is 11.5 Å². The molecule has 1 N–H and O–H groups in total. The molecule has 0 aliphatic carbocycles. The molecule has 0 bridgehead atoms. The molecule has 2 aromatic rings. The largest absolute Gasteiger partial charge is 0.495 e. The molecule has 0 unspecified atom stereocenters. The number of ether oxygens (including phenoxy) is 2. The van der Waals surface area contributed by atoms with E-state index in [4.69, 9.17) is 21.1 Å². The zero-order chi connectivity index (χ0) is 18.4. The van der Waals surface area contributed by atoms with Crippen LogP contribution in [0.5, 0.6) is 11.5 Å². The third-order valence-corrected chi connectivity index (χ3v) is 3.86. The molecule has 7 heteroatoms. The van der Waals surface area contributed by atoms with Crippen LogP contribution >= 0.6 is 11.6 Å². The van der Waals surface area contributed by atoms with E-state index in [9.17, 15) is 9.18 Å². The Labute approximate surface area is 151 Å². The monoisotopic (exact) mass is 366 g/mol. The van der Waals surface area contributed by atoms with Crippen molar-refractivity contribution in [2.24, 2.45) is 0 Å². The fraction of sp³-hybridized carbons (Fsp3) is 0.278. The molecule has 0 aliphatic heterocycles. The van der Waals surface area contributed by atoms with Gasteiger partial charge in [0.1, 0.15) is 17.3 Å². The minimum atomic E-state index is -0.293. The first-order chi connectivity index (χ1) is 11.9. The number of methoxy groups -OCH3 is 2. The van der Waals surface area contributed by atoms with Crippen molar-refractivity contribution >= 4 is 23.2 Å². The molecule has 0 saturated heterocycles. The second kappa shape index (κ2) is 8.69. The number of rotatable bonds is 7. The first kappa shape index (κ1) is 19.0. The molecule has 0 fully saturated rings. The summed E-state index contributed by atoms with van der Waals surface area (Å²) in [5.74, 6) is 0.330. The summed E-state index contributed by atoms with van der Waals surface area (Å²) in [4.78, 5) is 14.0. The van der Waals surface area contributed by atoms with Crippen molar-refractivity contribution in [3.05, 3.63) is 52.8 Å². The van der Waals surface area contributed by atoms with Gasteiger partial charge in [-0.05, 0) is 19.2 Å². The van der Waals surface area contributed by atoms with Gasteiger partial charge in [0.05, 0.1) is 31.5 Å². The molecule has 0 aromatic heterocycles. The quantitative estimate of drug-likeness (QED) is 0.814. The van der Waals surface area contributed by atoms with Gasteiger partial charge in [-0.25, -0.2) is 4.39 Å². The summed E-state index contributed by atoms with van der Waals surface area (Å²) in [5.41, 5.74) is 0.973. The number of benzene rings is 2. The summed E-state index contributed by atoms with van der Waals surface area (Å²) in [5, 5.41) is 3.11. The van der Waals surface area contributed by atoms with Crippen molar-refractivity contribution in [3.63, 3.8) is 0 Å². The molecule has 2 rings (SSSR count). The SMILES string of the molecule is COc1cc(OC)c(NC(=O)CN(C)Cc2ccccc2F)cc1Cl.